The Kier molecular flexibility index (Phi) is 6.83. The number of thiophene rings is 1. The van der Waals surface area contributed by atoms with Crippen LogP contribution in [-0.2, 0) is 0 Å². The number of fused-ring (bicyclic) bond motifs is 1. The Morgan fingerprint density at radius 1 is 1.16 bits per heavy atom. The van der Waals surface area contributed by atoms with Crippen LogP contribution in [-0.4, -0.2) is 60.0 Å². The molecule has 0 saturated carbocycles. The van der Waals surface area contributed by atoms with Gasteiger partial charge < -0.3 is 10.2 Å². The van der Waals surface area contributed by atoms with Gasteiger partial charge in [0.25, 0.3) is 5.91 Å². The van der Waals surface area contributed by atoms with Crippen LogP contribution in [0, 0.1) is 6.92 Å². The predicted molar refractivity (Wildman–Crippen MR) is 128 cm³/mol. The number of anilines is 1. The molecule has 1 aliphatic rings. The van der Waals surface area contributed by atoms with E-state index < -0.39 is 0 Å². The lowest BCUT2D eigenvalue weighted by molar-refractivity contribution is 0.0955. The summed E-state index contributed by atoms with van der Waals surface area (Å²) in [6.07, 6.45) is 2.81. The van der Waals surface area contributed by atoms with E-state index in [0.717, 1.165) is 59.2 Å². The first-order valence-electron chi connectivity index (χ1n) is 11.1. The van der Waals surface area contributed by atoms with E-state index in [4.69, 9.17) is 0 Å². The Balaban J connectivity index is 1.50. The molecule has 0 unspecified atom stereocenters. The highest BCUT2D eigenvalue weighted by molar-refractivity contribution is 7.20. The average Bonchev–Trinajstić information content (AvgIpc) is 3.15. The molecular formula is C24H31N5OS. The van der Waals surface area contributed by atoms with E-state index in [1.165, 1.54) is 23.3 Å². The van der Waals surface area contributed by atoms with Crippen molar-refractivity contribution in [3.05, 3.63) is 52.7 Å². The number of rotatable bonds is 7. The second kappa shape index (κ2) is 9.75. The molecule has 0 aliphatic carbocycles. The molecule has 1 saturated heterocycles. The van der Waals surface area contributed by atoms with Gasteiger partial charge in [-0.25, -0.2) is 9.97 Å². The number of carbonyl (C=O) groups is 1. The van der Waals surface area contributed by atoms with Gasteiger partial charge >= 0.3 is 0 Å². The molecule has 3 heterocycles. The van der Waals surface area contributed by atoms with Gasteiger partial charge in [0.1, 0.15) is 17.0 Å². The van der Waals surface area contributed by atoms with Crippen molar-refractivity contribution in [3.63, 3.8) is 0 Å². The van der Waals surface area contributed by atoms with E-state index in [-0.39, 0.29) is 11.8 Å². The minimum absolute atomic E-state index is 0.0259. The molecule has 1 atom stereocenters. The normalized spacial score (nSPS) is 15.9. The third-order valence-corrected chi connectivity index (χ3v) is 7.26. The summed E-state index contributed by atoms with van der Waals surface area (Å²) in [5, 5.41) is 4.15. The van der Waals surface area contributed by atoms with Crippen LogP contribution in [0.3, 0.4) is 0 Å². The Morgan fingerprint density at radius 2 is 1.90 bits per heavy atom. The quantitative estimate of drug-likeness (QED) is 0.604. The fourth-order valence-corrected chi connectivity index (χ4v) is 5.29. The molecule has 0 radical (unpaired) electrons. The van der Waals surface area contributed by atoms with Gasteiger partial charge in [-0.1, -0.05) is 44.2 Å². The average molecular weight is 438 g/mol. The number of piperazine rings is 1. The number of benzene rings is 1. The number of nitrogens with one attached hydrogen (secondary N) is 1. The van der Waals surface area contributed by atoms with Crippen LogP contribution in [0.5, 0.6) is 0 Å². The van der Waals surface area contributed by atoms with Crippen LogP contribution in [0.4, 0.5) is 5.82 Å². The number of nitrogens with zero attached hydrogens (tertiary/aromatic N) is 4. The maximum absolute atomic E-state index is 13.0. The lowest BCUT2D eigenvalue weighted by Crippen LogP contribution is -2.46. The summed E-state index contributed by atoms with van der Waals surface area (Å²) in [6, 6.07) is 10.3. The number of amides is 1. The minimum Gasteiger partial charge on any atom is -0.353 e. The highest BCUT2D eigenvalue weighted by Gasteiger charge is 2.24. The Labute approximate surface area is 188 Å². The van der Waals surface area contributed by atoms with Gasteiger partial charge in [0.15, 0.2) is 0 Å². The van der Waals surface area contributed by atoms with Gasteiger partial charge in [-0.05, 0) is 36.9 Å². The fraction of sp³-hybridized carbons (Fsp3) is 0.458. The highest BCUT2D eigenvalue weighted by Crippen LogP contribution is 2.35. The molecule has 4 rings (SSSR count). The number of hydrogen-bond donors (Lipinski definition) is 1. The van der Waals surface area contributed by atoms with Gasteiger partial charge in [-0.3, -0.25) is 9.69 Å². The first-order chi connectivity index (χ1) is 15.1. The molecule has 2 aromatic heterocycles. The minimum atomic E-state index is -0.0259. The summed E-state index contributed by atoms with van der Waals surface area (Å²) in [7, 11) is 0. The first-order valence-corrected chi connectivity index (χ1v) is 11.9. The van der Waals surface area contributed by atoms with Crippen molar-refractivity contribution in [2.24, 2.45) is 0 Å². The topological polar surface area (TPSA) is 61.4 Å². The van der Waals surface area contributed by atoms with E-state index in [1.807, 2.05) is 25.1 Å². The zero-order chi connectivity index (χ0) is 21.8. The molecular weight excluding hydrogens is 406 g/mol. The maximum Gasteiger partial charge on any atom is 0.261 e. The summed E-state index contributed by atoms with van der Waals surface area (Å²) in [5.74, 6) is 1.20. The zero-order valence-corrected chi connectivity index (χ0v) is 19.4. The first kappa shape index (κ1) is 21.7. The van der Waals surface area contributed by atoms with Gasteiger partial charge in [0.2, 0.25) is 0 Å². The monoisotopic (exact) mass is 437 g/mol. The van der Waals surface area contributed by atoms with Gasteiger partial charge in [0.05, 0.1) is 10.3 Å². The van der Waals surface area contributed by atoms with Crippen LogP contribution in [0.1, 0.15) is 47.0 Å². The number of aryl methyl sites for hydroxylation is 1. The number of carbonyl (C=O) groups excluding carboxylic acids is 1. The van der Waals surface area contributed by atoms with Crippen molar-refractivity contribution in [3.8, 4) is 0 Å². The molecule has 31 heavy (non-hydrogen) atoms. The van der Waals surface area contributed by atoms with Crippen LogP contribution in [0.25, 0.3) is 10.2 Å². The molecule has 0 spiro atoms. The van der Waals surface area contributed by atoms with Gasteiger partial charge in [0, 0.05) is 32.7 Å². The van der Waals surface area contributed by atoms with Crippen molar-refractivity contribution >= 4 is 33.3 Å². The summed E-state index contributed by atoms with van der Waals surface area (Å²) < 4.78 is 0. The SMILES string of the molecule is CCCN1CCN(c2ncnc3sc(C(=O)NC[C@@H](C)c4ccccc4)c(C)c23)CC1. The van der Waals surface area contributed by atoms with Crippen molar-refractivity contribution in [1.29, 1.82) is 0 Å². The fourth-order valence-electron chi connectivity index (χ4n) is 4.23. The number of hydrogen-bond acceptors (Lipinski definition) is 6. The third kappa shape index (κ3) is 4.72. The molecule has 1 fully saturated rings. The zero-order valence-electron chi connectivity index (χ0n) is 18.6. The summed E-state index contributed by atoms with van der Waals surface area (Å²) in [4.78, 5) is 28.6. The molecule has 1 aliphatic heterocycles. The molecule has 164 valence electrons. The lowest BCUT2D eigenvalue weighted by atomic mass is 10.0. The van der Waals surface area contributed by atoms with E-state index in [9.17, 15) is 4.79 Å². The third-order valence-electron chi connectivity index (χ3n) is 6.06. The van der Waals surface area contributed by atoms with Crippen molar-refractivity contribution < 1.29 is 4.79 Å². The van der Waals surface area contributed by atoms with E-state index in [2.05, 4.69) is 51.1 Å². The Bertz CT molecular complexity index is 1030. The predicted octanol–water partition coefficient (Wildman–Crippen LogP) is 4.07. The second-order valence-corrected chi connectivity index (χ2v) is 9.28. The molecule has 1 amide bonds. The van der Waals surface area contributed by atoms with Gasteiger partial charge in [-0.15, -0.1) is 11.3 Å². The van der Waals surface area contributed by atoms with E-state index >= 15 is 0 Å². The smallest absolute Gasteiger partial charge is 0.261 e. The summed E-state index contributed by atoms with van der Waals surface area (Å²) in [5.41, 5.74) is 2.21. The standard InChI is InChI=1S/C24H31N5OS/c1-4-10-28-11-13-29(14-12-28)22-20-18(3)21(31-24(20)27-16-26-22)23(30)25-15-17(2)19-8-6-5-7-9-19/h5-9,16-17H,4,10-15H2,1-3H3,(H,25,30)/t17-/m1/s1. The van der Waals surface area contributed by atoms with Crippen molar-refractivity contribution in [2.45, 2.75) is 33.1 Å². The Morgan fingerprint density at radius 3 is 2.61 bits per heavy atom. The lowest BCUT2D eigenvalue weighted by Gasteiger charge is -2.35. The summed E-state index contributed by atoms with van der Waals surface area (Å²) >= 11 is 1.47. The van der Waals surface area contributed by atoms with E-state index in [0.29, 0.717) is 6.54 Å². The molecule has 1 N–H and O–H groups in total. The van der Waals surface area contributed by atoms with Crippen LogP contribution >= 0.6 is 11.3 Å². The van der Waals surface area contributed by atoms with Crippen molar-refractivity contribution in [2.75, 3.05) is 44.2 Å². The maximum atomic E-state index is 13.0. The van der Waals surface area contributed by atoms with Crippen molar-refractivity contribution in [1.82, 2.24) is 20.2 Å². The summed E-state index contributed by atoms with van der Waals surface area (Å²) in [6.45, 7) is 12.1. The number of aromatic nitrogens is 2. The van der Waals surface area contributed by atoms with Gasteiger partial charge in [-0.2, -0.15) is 0 Å². The van der Waals surface area contributed by atoms with E-state index in [1.54, 1.807) is 6.33 Å². The van der Waals surface area contributed by atoms with Crippen LogP contribution in [0.15, 0.2) is 36.7 Å². The molecule has 1 aromatic carbocycles. The highest BCUT2D eigenvalue weighted by atomic mass is 32.1. The van der Waals surface area contributed by atoms with Crippen LogP contribution < -0.4 is 10.2 Å². The molecule has 6 nitrogen and oxygen atoms in total. The largest absolute Gasteiger partial charge is 0.353 e. The molecule has 7 heteroatoms. The molecule has 0 bridgehead atoms. The van der Waals surface area contributed by atoms with Crippen LogP contribution in [0.2, 0.25) is 0 Å². The Hall–Kier alpha value is -2.51. The molecule has 3 aromatic rings. The second-order valence-electron chi connectivity index (χ2n) is 8.28.